The minimum Gasteiger partial charge on any atom is -0.325 e. The van der Waals surface area contributed by atoms with Gasteiger partial charge >= 0.3 is 0 Å². The molecule has 0 spiro atoms. The summed E-state index contributed by atoms with van der Waals surface area (Å²) in [6, 6.07) is 16.9. The summed E-state index contributed by atoms with van der Waals surface area (Å²) in [5.41, 5.74) is 3.10. The Kier molecular flexibility index (Phi) is 6.40. The second-order valence-corrected chi connectivity index (χ2v) is 7.84. The van der Waals surface area contributed by atoms with E-state index in [0.717, 1.165) is 22.9 Å². The number of aryl methyl sites for hydroxylation is 1. The minimum absolute atomic E-state index is 0.0634. The number of thioether (sulfide) groups is 1. The van der Waals surface area contributed by atoms with Crippen LogP contribution in [0.5, 0.6) is 0 Å². The SMILES string of the molecule is Cc1ccc(C2CC(=O)NC(SCC(=O)Nc3cccc(Cl)c3)=C2C#N)cc1. The van der Waals surface area contributed by atoms with Crippen molar-refractivity contribution in [2.75, 3.05) is 11.1 Å². The molecule has 1 aliphatic rings. The Morgan fingerprint density at radius 3 is 2.75 bits per heavy atom. The van der Waals surface area contributed by atoms with Gasteiger partial charge < -0.3 is 10.6 Å². The number of nitriles is 1. The highest BCUT2D eigenvalue weighted by atomic mass is 35.5. The van der Waals surface area contributed by atoms with Gasteiger partial charge in [-0.3, -0.25) is 9.59 Å². The molecule has 2 aromatic rings. The average molecular weight is 412 g/mol. The molecule has 2 aromatic carbocycles. The number of hydrogen-bond acceptors (Lipinski definition) is 4. The van der Waals surface area contributed by atoms with Gasteiger partial charge in [-0.1, -0.05) is 59.3 Å². The van der Waals surface area contributed by atoms with Crippen LogP contribution >= 0.6 is 23.4 Å². The van der Waals surface area contributed by atoms with Gasteiger partial charge in [-0.2, -0.15) is 5.26 Å². The summed E-state index contributed by atoms with van der Waals surface area (Å²) in [5, 5.41) is 16.1. The van der Waals surface area contributed by atoms with Crippen LogP contribution in [0, 0.1) is 18.3 Å². The average Bonchev–Trinajstić information content (AvgIpc) is 2.66. The molecule has 0 saturated carbocycles. The van der Waals surface area contributed by atoms with E-state index < -0.39 is 0 Å². The monoisotopic (exact) mass is 411 g/mol. The first-order valence-corrected chi connectivity index (χ1v) is 10.0. The highest BCUT2D eigenvalue weighted by Crippen LogP contribution is 2.36. The summed E-state index contributed by atoms with van der Waals surface area (Å²) in [6.45, 7) is 1.98. The number of hydrogen-bond donors (Lipinski definition) is 2. The van der Waals surface area contributed by atoms with Crippen LogP contribution in [-0.4, -0.2) is 17.6 Å². The predicted octanol–water partition coefficient (Wildman–Crippen LogP) is 4.36. The molecule has 0 saturated heterocycles. The first kappa shape index (κ1) is 20.0. The molecule has 1 aliphatic heterocycles. The Morgan fingerprint density at radius 1 is 1.32 bits per heavy atom. The van der Waals surface area contributed by atoms with Crippen LogP contribution in [0.2, 0.25) is 5.02 Å². The third kappa shape index (κ3) is 4.94. The molecule has 0 aliphatic carbocycles. The number of nitrogens with one attached hydrogen (secondary N) is 2. The van der Waals surface area contributed by atoms with E-state index in [1.165, 1.54) is 0 Å². The predicted molar refractivity (Wildman–Crippen MR) is 112 cm³/mol. The summed E-state index contributed by atoms with van der Waals surface area (Å²) in [5.74, 6) is -0.655. The molecule has 3 rings (SSSR count). The summed E-state index contributed by atoms with van der Waals surface area (Å²) in [4.78, 5) is 24.4. The van der Waals surface area contributed by atoms with Crippen molar-refractivity contribution in [2.24, 2.45) is 0 Å². The van der Waals surface area contributed by atoms with E-state index in [2.05, 4.69) is 16.7 Å². The molecule has 0 bridgehead atoms. The van der Waals surface area contributed by atoms with Crippen molar-refractivity contribution in [2.45, 2.75) is 19.3 Å². The fourth-order valence-corrected chi connectivity index (χ4v) is 3.98. The molecule has 0 aromatic heterocycles. The van der Waals surface area contributed by atoms with Gasteiger partial charge in [0.25, 0.3) is 0 Å². The van der Waals surface area contributed by atoms with Gasteiger partial charge in [0.05, 0.1) is 22.4 Å². The fraction of sp³-hybridized carbons (Fsp3) is 0.190. The topological polar surface area (TPSA) is 82.0 Å². The number of allylic oxidation sites excluding steroid dienone is 1. The van der Waals surface area contributed by atoms with Crippen LogP contribution in [0.25, 0.3) is 0 Å². The normalized spacial score (nSPS) is 16.3. The number of halogens is 1. The Morgan fingerprint density at radius 2 is 2.07 bits per heavy atom. The van der Waals surface area contributed by atoms with Crippen LogP contribution in [0.4, 0.5) is 5.69 Å². The lowest BCUT2D eigenvalue weighted by molar-refractivity contribution is -0.121. The zero-order chi connectivity index (χ0) is 20.1. The van der Waals surface area contributed by atoms with E-state index >= 15 is 0 Å². The summed E-state index contributed by atoms with van der Waals surface area (Å²) in [7, 11) is 0. The molecular formula is C21H18ClN3O2S. The summed E-state index contributed by atoms with van der Waals surface area (Å²) >= 11 is 7.06. The van der Waals surface area contributed by atoms with Gasteiger partial charge in [0, 0.05) is 23.0 Å². The van der Waals surface area contributed by atoms with Crippen molar-refractivity contribution < 1.29 is 9.59 Å². The van der Waals surface area contributed by atoms with Crippen molar-refractivity contribution in [1.82, 2.24) is 5.32 Å². The zero-order valence-corrected chi connectivity index (χ0v) is 16.7. The number of carbonyl (C=O) groups excluding carboxylic acids is 2. The first-order chi connectivity index (χ1) is 13.5. The lowest BCUT2D eigenvalue weighted by atomic mass is 9.87. The molecule has 2 N–H and O–H groups in total. The van der Waals surface area contributed by atoms with Crippen LogP contribution < -0.4 is 10.6 Å². The number of anilines is 1. The zero-order valence-electron chi connectivity index (χ0n) is 15.2. The van der Waals surface area contributed by atoms with Crippen LogP contribution in [0.3, 0.4) is 0 Å². The van der Waals surface area contributed by atoms with Crippen LogP contribution in [-0.2, 0) is 9.59 Å². The molecule has 1 atom stereocenters. The number of carbonyl (C=O) groups is 2. The van der Waals surface area contributed by atoms with Crippen molar-refractivity contribution >= 4 is 40.9 Å². The molecular weight excluding hydrogens is 394 g/mol. The molecule has 0 fully saturated rings. The van der Waals surface area contributed by atoms with E-state index in [1.54, 1.807) is 24.3 Å². The molecule has 0 radical (unpaired) electrons. The van der Waals surface area contributed by atoms with Crippen molar-refractivity contribution in [1.29, 1.82) is 5.26 Å². The standard InChI is InChI=1S/C21H18ClN3O2S/c1-13-5-7-14(8-6-13)17-10-19(26)25-21(18(17)11-23)28-12-20(27)24-16-4-2-3-15(22)9-16/h2-9,17H,10,12H2,1H3,(H,24,27)(H,25,26). The van der Waals surface area contributed by atoms with Gasteiger partial charge in [0.2, 0.25) is 11.8 Å². The smallest absolute Gasteiger partial charge is 0.234 e. The molecule has 7 heteroatoms. The van der Waals surface area contributed by atoms with Gasteiger partial charge in [0.15, 0.2) is 0 Å². The van der Waals surface area contributed by atoms with Crippen LogP contribution in [0.15, 0.2) is 59.1 Å². The third-order valence-electron chi connectivity index (χ3n) is 4.29. The highest BCUT2D eigenvalue weighted by molar-refractivity contribution is 8.03. The quantitative estimate of drug-likeness (QED) is 0.765. The Hall–Kier alpha value is -2.75. The van der Waals surface area contributed by atoms with Gasteiger partial charge in [-0.05, 0) is 30.7 Å². The number of nitrogens with zero attached hydrogens (tertiary/aromatic N) is 1. The van der Waals surface area contributed by atoms with Crippen molar-refractivity contribution in [3.8, 4) is 6.07 Å². The van der Waals surface area contributed by atoms with E-state index in [9.17, 15) is 14.9 Å². The number of amides is 2. The molecule has 2 amide bonds. The fourth-order valence-electron chi connectivity index (χ4n) is 2.92. The van der Waals surface area contributed by atoms with E-state index in [4.69, 9.17) is 11.6 Å². The maximum atomic E-state index is 12.2. The molecule has 5 nitrogen and oxygen atoms in total. The lowest BCUT2D eigenvalue weighted by Crippen LogP contribution is -2.31. The Bertz CT molecular complexity index is 980. The van der Waals surface area contributed by atoms with Crippen molar-refractivity contribution in [3.63, 3.8) is 0 Å². The number of rotatable bonds is 5. The van der Waals surface area contributed by atoms with Gasteiger partial charge in [-0.15, -0.1) is 0 Å². The maximum absolute atomic E-state index is 12.2. The Balaban J connectivity index is 1.74. The first-order valence-electron chi connectivity index (χ1n) is 8.65. The van der Waals surface area contributed by atoms with Crippen molar-refractivity contribution in [3.05, 3.63) is 75.3 Å². The van der Waals surface area contributed by atoms with Gasteiger partial charge in [0.1, 0.15) is 0 Å². The van der Waals surface area contributed by atoms with Gasteiger partial charge in [-0.25, -0.2) is 0 Å². The van der Waals surface area contributed by atoms with E-state index in [1.807, 2.05) is 31.2 Å². The van der Waals surface area contributed by atoms with E-state index in [-0.39, 0.29) is 29.9 Å². The second kappa shape index (κ2) is 8.96. The summed E-state index contributed by atoms with van der Waals surface area (Å²) < 4.78 is 0. The third-order valence-corrected chi connectivity index (χ3v) is 5.54. The molecule has 1 unspecified atom stereocenters. The largest absolute Gasteiger partial charge is 0.325 e. The second-order valence-electron chi connectivity index (χ2n) is 6.42. The maximum Gasteiger partial charge on any atom is 0.234 e. The molecule has 142 valence electrons. The minimum atomic E-state index is -0.308. The number of benzene rings is 2. The Labute approximate surface area is 172 Å². The molecule has 1 heterocycles. The van der Waals surface area contributed by atoms with Crippen LogP contribution in [0.1, 0.15) is 23.5 Å². The highest BCUT2D eigenvalue weighted by Gasteiger charge is 2.29. The lowest BCUT2D eigenvalue weighted by Gasteiger charge is -2.25. The summed E-state index contributed by atoms with van der Waals surface area (Å²) in [6.07, 6.45) is 0.213. The van der Waals surface area contributed by atoms with E-state index in [0.29, 0.717) is 21.3 Å². The molecule has 28 heavy (non-hydrogen) atoms.